The fourth-order valence-corrected chi connectivity index (χ4v) is 2.52. The van der Waals surface area contributed by atoms with Crippen molar-refractivity contribution < 1.29 is 9.59 Å². The van der Waals surface area contributed by atoms with Gasteiger partial charge in [-0.15, -0.1) is 0 Å². The van der Waals surface area contributed by atoms with Gasteiger partial charge in [-0.3, -0.25) is 9.59 Å². The zero-order valence-corrected chi connectivity index (χ0v) is 17.1. The molecule has 0 bridgehead atoms. The first-order chi connectivity index (χ1) is 15.7. The smallest absolute Gasteiger partial charge is 0.266 e. The second-order valence-corrected chi connectivity index (χ2v) is 6.39. The number of carbonyl (C=O) groups excluding carboxylic acids is 2. The summed E-state index contributed by atoms with van der Waals surface area (Å²) in [5.41, 5.74) is 6.91. The van der Waals surface area contributed by atoms with Gasteiger partial charge in [0.05, 0.1) is 0 Å². The summed E-state index contributed by atoms with van der Waals surface area (Å²) in [5.74, 6) is -1.06. The molecular weight excluding hydrogens is 402 g/mol. The van der Waals surface area contributed by atoms with Crippen LogP contribution in [0.2, 0.25) is 0 Å². The summed E-state index contributed by atoms with van der Waals surface area (Å²) in [6.07, 6.45) is 10.0. The van der Waals surface area contributed by atoms with Crippen molar-refractivity contribution in [3.63, 3.8) is 0 Å². The minimum atomic E-state index is -0.529. The SMILES string of the molecule is O=C(N/N=C/C=C/c1ccccc1)c1cccc(C(=O)N/N=C/C=C/c2ccccc2)n1. The van der Waals surface area contributed by atoms with E-state index in [2.05, 4.69) is 26.0 Å². The number of aromatic nitrogens is 1. The number of hydrazone groups is 2. The molecule has 2 aromatic carbocycles. The molecular formula is C25H21N5O2. The molecule has 0 fully saturated rings. The summed E-state index contributed by atoms with van der Waals surface area (Å²) in [6, 6.07) is 23.9. The van der Waals surface area contributed by atoms with Crippen LogP contribution in [-0.2, 0) is 0 Å². The van der Waals surface area contributed by atoms with Crippen molar-refractivity contribution in [1.29, 1.82) is 0 Å². The van der Waals surface area contributed by atoms with E-state index in [0.717, 1.165) is 11.1 Å². The van der Waals surface area contributed by atoms with Crippen molar-refractivity contribution in [1.82, 2.24) is 15.8 Å². The lowest BCUT2D eigenvalue weighted by Gasteiger charge is -2.02. The number of hydrogen-bond acceptors (Lipinski definition) is 5. The van der Waals surface area contributed by atoms with E-state index in [-0.39, 0.29) is 11.4 Å². The van der Waals surface area contributed by atoms with Gasteiger partial charge in [0, 0.05) is 12.4 Å². The van der Waals surface area contributed by atoms with Crippen LogP contribution in [0.3, 0.4) is 0 Å². The van der Waals surface area contributed by atoms with E-state index >= 15 is 0 Å². The molecule has 3 rings (SSSR count). The molecule has 0 unspecified atom stereocenters. The number of allylic oxidation sites excluding steroid dienone is 2. The minimum Gasteiger partial charge on any atom is -0.266 e. The van der Waals surface area contributed by atoms with Gasteiger partial charge >= 0.3 is 0 Å². The fourth-order valence-electron chi connectivity index (χ4n) is 2.52. The van der Waals surface area contributed by atoms with Crippen LogP contribution in [0.25, 0.3) is 12.2 Å². The number of benzene rings is 2. The first-order valence-electron chi connectivity index (χ1n) is 9.80. The van der Waals surface area contributed by atoms with E-state index in [0.29, 0.717) is 0 Å². The Balaban J connectivity index is 1.50. The third-order valence-corrected chi connectivity index (χ3v) is 4.04. The Morgan fingerprint density at radius 3 is 1.50 bits per heavy atom. The van der Waals surface area contributed by atoms with Crippen molar-refractivity contribution in [3.05, 3.63) is 114 Å². The second kappa shape index (κ2) is 12.1. The topological polar surface area (TPSA) is 95.8 Å². The summed E-state index contributed by atoms with van der Waals surface area (Å²) >= 11 is 0. The number of carbonyl (C=O) groups is 2. The van der Waals surface area contributed by atoms with Gasteiger partial charge in [0.15, 0.2) is 0 Å². The maximum atomic E-state index is 12.2. The largest absolute Gasteiger partial charge is 0.289 e. The molecule has 0 radical (unpaired) electrons. The molecule has 158 valence electrons. The standard InChI is InChI=1S/C25H21N5O2/c31-24(29-26-18-8-14-20-10-3-1-4-11-20)22-16-7-17-23(28-22)25(32)30-27-19-9-15-21-12-5-2-6-13-21/h1-19H,(H,29,31)(H,30,32)/b14-8+,15-9+,26-18+,27-19+. The molecule has 0 aliphatic rings. The molecule has 1 aromatic heterocycles. The third-order valence-electron chi connectivity index (χ3n) is 4.04. The second-order valence-electron chi connectivity index (χ2n) is 6.39. The van der Waals surface area contributed by atoms with E-state index in [1.54, 1.807) is 18.2 Å². The first-order valence-corrected chi connectivity index (χ1v) is 9.80. The Kier molecular flexibility index (Phi) is 8.36. The predicted molar refractivity (Wildman–Crippen MR) is 127 cm³/mol. The third kappa shape index (κ3) is 7.31. The fraction of sp³-hybridized carbons (Fsp3) is 0. The van der Waals surface area contributed by atoms with Gasteiger partial charge in [-0.2, -0.15) is 10.2 Å². The van der Waals surface area contributed by atoms with Gasteiger partial charge in [0.1, 0.15) is 11.4 Å². The van der Waals surface area contributed by atoms with Gasteiger partial charge in [-0.1, -0.05) is 78.9 Å². The van der Waals surface area contributed by atoms with E-state index < -0.39 is 11.8 Å². The Labute approximate surface area is 185 Å². The molecule has 0 aliphatic heterocycles. The van der Waals surface area contributed by atoms with Crippen LogP contribution in [0.5, 0.6) is 0 Å². The van der Waals surface area contributed by atoms with Crippen molar-refractivity contribution in [2.45, 2.75) is 0 Å². The van der Waals surface area contributed by atoms with E-state index in [1.807, 2.05) is 72.8 Å². The van der Waals surface area contributed by atoms with Gasteiger partial charge in [-0.25, -0.2) is 15.8 Å². The molecule has 3 aromatic rings. The van der Waals surface area contributed by atoms with Crippen LogP contribution in [0, 0.1) is 0 Å². The molecule has 2 N–H and O–H groups in total. The normalized spacial score (nSPS) is 11.5. The summed E-state index contributed by atoms with van der Waals surface area (Å²) in [4.78, 5) is 28.5. The van der Waals surface area contributed by atoms with Crippen LogP contribution in [0.4, 0.5) is 0 Å². The monoisotopic (exact) mass is 423 g/mol. The lowest BCUT2D eigenvalue weighted by Crippen LogP contribution is -2.23. The molecule has 0 atom stereocenters. The van der Waals surface area contributed by atoms with Crippen molar-refractivity contribution >= 4 is 36.4 Å². The highest BCUT2D eigenvalue weighted by Crippen LogP contribution is 2.02. The molecule has 0 spiro atoms. The van der Waals surface area contributed by atoms with Crippen LogP contribution < -0.4 is 10.9 Å². The summed E-state index contributed by atoms with van der Waals surface area (Å²) in [6.45, 7) is 0. The Bertz CT molecular complexity index is 1060. The summed E-state index contributed by atoms with van der Waals surface area (Å²) in [5, 5.41) is 7.70. The van der Waals surface area contributed by atoms with Crippen molar-refractivity contribution in [3.8, 4) is 0 Å². The number of amides is 2. The molecule has 1 heterocycles. The van der Waals surface area contributed by atoms with Gasteiger partial charge in [0.25, 0.3) is 11.8 Å². The zero-order chi connectivity index (χ0) is 22.4. The molecule has 0 saturated heterocycles. The summed E-state index contributed by atoms with van der Waals surface area (Å²) in [7, 11) is 0. The van der Waals surface area contributed by atoms with Crippen LogP contribution in [0.1, 0.15) is 32.1 Å². The highest BCUT2D eigenvalue weighted by molar-refractivity contribution is 5.96. The Hall–Kier alpha value is -4.65. The maximum Gasteiger partial charge on any atom is 0.289 e. The highest BCUT2D eigenvalue weighted by Gasteiger charge is 2.11. The quantitative estimate of drug-likeness (QED) is 0.424. The number of pyridine rings is 1. The molecule has 2 amide bonds. The summed E-state index contributed by atoms with van der Waals surface area (Å²) < 4.78 is 0. The zero-order valence-electron chi connectivity index (χ0n) is 17.1. The molecule has 0 saturated carbocycles. The number of nitrogens with one attached hydrogen (secondary N) is 2. The molecule has 0 aliphatic carbocycles. The predicted octanol–water partition coefficient (Wildman–Crippen LogP) is 3.94. The Morgan fingerprint density at radius 1 is 0.625 bits per heavy atom. The minimum absolute atomic E-state index is 0.0646. The van der Waals surface area contributed by atoms with Gasteiger partial charge in [-0.05, 0) is 35.4 Å². The maximum absolute atomic E-state index is 12.2. The molecule has 32 heavy (non-hydrogen) atoms. The van der Waals surface area contributed by atoms with Gasteiger partial charge < -0.3 is 0 Å². The van der Waals surface area contributed by atoms with E-state index in [1.165, 1.54) is 24.6 Å². The Morgan fingerprint density at radius 2 is 1.06 bits per heavy atom. The molecule has 7 nitrogen and oxygen atoms in total. The average molecular weight is 423 g/mol. The first kappa shape index (κ1) is 22.0. The lowest BCUT2D eigenvalue weighted by atomic mass is 10.2. The van der Waals surface area contributed by atoms with Crippen LogP contribution in [-0.4, -0.2) is 29.2 Å². The van der Waals surface area contributed by atoms with Crippen LogP contribution >= 0.6 is 0 Å². The lowest BCUT2D eigenvalue weighted by molar-refractivity contribution is 0.0946. The number of nitrogens with zero attached hydrogens (tertiary/aromatic N) is 3. The van der Waals surface area contributed by atoms with Crippen LogP contribution in [0.15, 0.2) is 101 Å². The number of rotatable bonds is 8. The molecule has 7 heteroatoms. The van der Waals surface area contributed by atoms with Crippen molar-refractivity contribution in [2.75, 3.05) is 0 Å². The number of hydrogen-bond donors (Lipinski definition) is 2. The van der Waals surface area contributed by atoms with E-state index in [9.17, 15) is 9.59 Å². The van der Waals surface area contributed by atoms with Gasteiger partial charge in [0.2, 0.25) is 0 Å². The average Bonchev–Trinajstić information content (AvgIpc) is 2.84. The van der Waals surface area contributed by atoms with Crippen molar-refractivity contribution in [2.24, 2.45) is 10.2 Å². The highest BCUT2D eigenvalue weighted by atomic mass is 16.2. The van der Waals surface area contributed by atoms with E-state index in [4.69, 9.17) is 0 Å².